The molecule has 10 heteroatoms. The first-order chi connectivity index (χ1) is 20.7. The van der Waals surface area contributed by atoms with Crippen LogP contribution in [0.2, 0.25) is 0 Å². The molecule has 2 unspecified atom stereocenters. The highest BCUT2D eigenvalue weighted by Gasteiger charge is 2.43. The molecule has 1 N–H and O–H groups in total. The highest BCUT2D eigenvalue weighted by Crippen LogP contribution is 2.48. The fourth-order valence-corrected chi connectivity index (χ4v) is 6.89. The molecule has 1 amide bonds. The molecule has 2 aliphatic heterocycles. The van der Waals surface area contributed by atoms with Gasteiger partial charge in [-0.2, -0.15) is 4.89 Å². The molecule has 1 saturated heterocycles. The first-order valence-electron chi connectivity index (χ1n) is 15.4. The molecule has 0 saturated carbocycles. The number of carbonyl (C=O) groups excluding carboxylic acids is 2. The average molecular weight is 629 g/mol. The van der Waals surface area contributed by atoms with Crippen molar-refractivity contribution >= 4 is 23.6 Å². The van der Waals surface area contributed by atoms with Crippen molar-refractivity contribution in [2.24, 2.45) is 0 Å². The summed E-state index contributed by atoms with van der Waals surface area (Å²) in [5, 5.41) is 10.5. The number of hydrogen-bond acceptors (Lipinski definition) is 9. The lowest BCUT2D eigenvalue weighted by Gasteiger charge is -2.31. The van der Waals surface area contributed by atoms with Crippen LogP contribution < -0.4 is 9.62 Å². The minimum atomic E-state index is -0.517. The Bertz CT molecular complexity index is 1300. The number of phenolic OH excluding ortho intramolecular Hbond substituents is 1. The Kier molecular flexibility index (Phi) is 10.8. The molecular weight excluding hydrogens is 580 g/mol. The van der Waals surface area contributed by atoms with Crippen LogP contribution >= 0.6 is 11.8 Å². The van der Waals surface area contributed by atoms with Crippen molar-refractivity contribution in [2.75, 3.05) is 39.9 Å². The van der Waals surface area contributed by atoms with Gasteiger partial charge in [0.25, 0.3) is 0 Å². The van der Waals surface area contributed by atoms with Gasteiger partial charge in [-0.3, -0.25) is 9.59 Å². The third-order valence-corrected chi connectivity index (χ3v) is 9.39. The van der Waals surface area contributed by atoms with E-state index in [0.29, 0.717) is 37.8 Å². The number of benzene rings is 2. The zero-order valence-corrected chi connectivity index (χ0v) is 28.2. The van der Waals surface area contributed by atoms with Crippen LogP contribution in [0.5, 0.6) is 17.2 Å². The Labute approximate surface area is 266 Å². The normalized spacial score (nSPS) is 18.5. The van der Waals surface area contributed by atoms with Crippen molar-refractivity contribution < 1.29 is 33.9 Å². The number of fused-ring (bicyclic) bond motifs is 1. The molecule has 2 aliphatic rings. The van der Waals surface area contributed by atoms with Crippen LogP contribution in [0.1, 0.15) is 88.9 Å². The van der Waals surface area contributed by atoms with E-state index in [1.807, 2.05) is 42.3 Å². The van der Waals surface area contributed by atoms with Gasteiger partial charge in [0.1, 0.15) is 30.1 Å². The van der Waals surface area contributed by atoms with E-state index in [4.69, 9.17) is 19.2 Å². The van der Waals surface area contributed by atoms with Crippen molar-refractivity contribution in [3.8, 4) is 17.2 Å². The molecule has 0 aliphatic carbocycles. The quantitative estimate of drug-likeness (QED) is 0.221. The summed E-state index contributed by atoms with van der Waals surface area (Å²) in [4.78, 5) is 40.4. The second-order valence-corrected chi connectivity index (χ2v) is 14.9. The topological polar surface area (TPSA) is 97.8 Å². The number of hydrogen-bond donors (Lipinski definition) is 1. The van der Waals surface area contributed by atoms with Gasteiger partial charge in [0.15, 0.2) is 5.75 Å². The summed E-state index contributed by atoms with van der Waals surface area (Å²) in [5.41, 5.74) is 3.08. The van der Waals surface area contributed by atoms with Gasteiger partial charge in [0.2, 0.25) is 5.91 Å². The molecular formula is C34H48N2O7S. The van der Waals surface area contributed by atoms with Crippen LogP contribution in [0, 0.1) is 0 Å². The molecule has 2 atom stereocenters. The lowest BCUT2D eigenvalue weighted by atomic mass is 9.78. The number of likely N-dealkylation sites (N-methyl/N-ethyl adjacent to an activating group) is 1. The summed E-state index contributed by atoms with van der Waals surface area (Å²) in [6.45, 7) is 17.5. The summed E-state index contributed by atoms with van der Waals surface area (Å²) in [6, 6.07) is 9.77. The fourth-order valence-electron chi connectivity index (χ4n) is 5.44. The van der Waals surface area contributed by atoms with Crippen molar-refractivity contribution in [2.45, 2.75) is 89.4 Å². The number of thioether (sulfide) groups is 1. The second kappa shape index (κ2) is 14.0. The fraction of sp³-hybridized carbons (Fsp3) is 0.588. The third-order valence-electron chi connectivity index (χ3n) is 7.91. The number of carbonyl (C=O) groups is 2. The number of phenols is 1. The van der Waals surface area contributed by atoms with E-state index in [0.717, 1.165) is 41.0 Å². The van der Waals surface area contributed by atoms with Gasteiger partial charge in [0.05, 0.1) is 18.3 Å². The maximum absolute atomic E-state index is 13.7. The first-order valence-corrected chi connectivity index (χ1v) is 16.4. The summed E-state index contributed by atoms with van der Waals surface area (Å²) in [6.07, 6.45) is 0.795. The monoisotopic (exact) mass is 628 g/mol. The van der Waals surface area contributed by atoms with Gasteiger partial charge >= 0.3 is 5.97 Å². The second-order valence-electron chi connectivity index (χ2n) is 13.6. The SMILES string of the molecule is CCOC(=O)CC1SC(c2cc(C(C)(C)C)c(O)c(C(C)(C)C)c2)N(CCCN(C)CCOc2ccc3c(c2)OOC3)C1=O. The van der Waals surface area contributed by atoms with Crippen molar-refractivity contribution in [1.82, 2.24) is 9.80 Å². The highest BCUT2D eigenvalue weighted by molar-refractivity contribution is 8.01. The molecule has 242 valence electrons. The molecule has 2 aromatic carbocycles. The average Bonchev–Trinajstić information content (AvgIpc) is 3.52. The molecule has 4 rings (SSSR count). The Balaban J connectivity index is 1.46. The lowest BCUT2D eigenvalue weighted by Crippen LogP contribution is -2.35. The molecule has 0 spiro atoms. The van der Waals surface area contributed by atoms with Crippen molar-refractivity contribution in [3.05, 3.63) is 52.6 Å². The van der Waals surface area contributed by atoms with Crippen molar-refractivity contribution in [1.29, 1.82) is 0 Å². The van der Waals surface area contributed by atoms with E-state index in [2.05, 4.69) is 46.4 Å². The largest absolute Gasteiger partial charge is 0.507 e. The van der Waals surface area contributed by atoms with Gasteiger partial charge in [-0.15, -0.1) is 11.8 Å². The molecule has 2 heterocycles. The van der Waals surface area contributed by atoms with E-state index in [-0.39, 0.29) is 41.1 Å². The molecule has 9 nitrogen and oxygen atoms in total. The van der Waals surface area contributed by atoms with Crippen LogP contribution in [0.3, 0.4) is 0 Å². The third kappa shape index (κ3) is 8.20. The maximum Gasteiger partial charge on any atom is 0.307 e. The zero-order chi connectivity index (χ0) is 32.2. The summed E-state index contributed by atoms with van der Waals surface area (Å²) in [7, 11) is 2.04. The van der Waals surface area contributed by atoms with Crippen LogP contribution in [0.25, 0.3) is 0 Å². The minimum Gasteiger partial charge on any atom is -0.507 e. The van der Waals surface area contributed by atoms with Gasteiger partial charge in [0, 0.05) is 24.7 Å². The number of aromatic hydroxyl groups is 1. The van der Waals surface area contributed by atoms with E-state index < -0.39 is 5.25 Å². The molecule has 0 radical (unpaired) electrons. The molecule has 0 aromatic heterocycles. The van der Waals surface area contributed by atoms with Gasteiger partial charge in [-0.1, -0.05) is 41.5 Å². The Morgan fingerprint density at radius 3 is 2.41 bits per heavy atom. The standard InChI is InChI=1S/C34H48N2O7S/c1-9-40-29(37)20-28-31(39)36(14-10-13-35(8)15-16-41-24-12-11-22-21-42-43-27(22)19-24)32(44-28)23-17-25(33(2,3)4)30(38)26(18-23)34(5,6)7/h11-12,17-19,28,32,38H,9-10,13-16,20-21H2,1-8H3. The molecule has 44 heavy (non-hydrogen) atoms. The van der Waals surface area contributed by atoms with E-state index >= 15 is 0 Å². The smallest absolute Gasteiger partial charge is 0.307 e. The predicted molar refractivity (Wildman–Crippen MR) is 172 cm³/mol. The number of amides is 1. The number of nitrogens with zero attached hydrogens (tertiary/aromatic N) is 2. The molecule has 2 aromatic rings. The minimum absolute atomic E-state index is 0.0395. The molecule has 0 bridgehead atoms. The lowest BCUT2D eigenvalue weighted by molar-refractivity contribution is -0.194. The van der Waals surface area contributed by atoms with Gasteiger partial charge in [-0.25, -0.2) is 0 Å². The molecule has 1 fully saturated rings. The van der Waals surface area contributed by atoms with E-state index in [1.165, 1.54) is 11.8 Å². The summed E-state index contributed by atoms with van der Waals surface area (Å²) < 4.78 is 11.1. The Morgan fingerprint density at radius 2 is 1.77 bits per heavy atom. The van der Waals surface area contributed by atoms with Crippen LogP contribution in [0.4, 0.5) is 0 Å². The summed E-state index contributed by atoms with van der Waals surface area (Å²) in [5.74, 6) is 1.32. The highest BCUT2D eigenvalue weighted by atomic mass is 32.2. The van der Waals surface area contributed by atoms with Crippen molar-refractivity contribution in [3.63, 3.8) is 0 Å². The van der Waals surface area contributed by atoms with Crippen LogP contribution in [-0.2, 0) is 36.7 Å². The van der Waals surface area contributed by atoms with E-state index in [9.17, 15) is 14.7 Å². The number of esters is 1. The first kappa shape index (κ1) is 33.9. The summed E-state index contributed by atoms with van der Waals surface area (Å²) >= 11 is 1.50. The maximum atomic E-state index is 13.7. The van der Waals surface area contributed by atoms with Crippen LogP contribution in [0.15, 0.2) is 30.3 Å². The van der Waals surface area contributed by atoms with E-state index in [1.54, 1.807) is 6.92 Å². The predicted octanol–water partition coefficient (Wildman–Crippen LogP) is 6.11. The zero-order valence-electron chi connectivity index (χ0n) is 27.4. The Hall–Kier alpha value is -2.95. The van der Waals surface area contributed by atoms with Gasteiger partial charge in [-0.05, 0) is 78.7 Å². The van der Waals surface area contributed by atoms with Gasteiger partial charge < -0.3 is 29.3 Å². The van der Waals surface area contributed by atoms with Crippen LogP contribution in [-0.4, -0.2) is 71.9 Å². The Morgan fingerprint density at radius 1 is 1.09 bits per heavy atom. The number of ether oxygens (including phenoxy) is 2. The number of rotatable bonds is 12.